The summed E-state index contributed by atoms with van der Waals surface area (Å²) in [5.74, 6) is 1.07. The molecule has 5 heteroatoms. The number of piperidine rings is 1. The first kappa shape index (κ1) is 12.7. The van der Waals surface area contributed by atoms with Gasteiger partial charge in [0.15, 0.2) is 5.75 Å². The summed E-state index contributed by atoms with van der Waals surface area (Å²) < 4.78 is 0. The molecule has 2 aliphatic heterocycles. The molecule has 110 valence electrons. The average molecular weight is 286 g/mol. The standard InChI is InChI=1S/C16H18N2O3/c19-14-6-4-11-2-3-12(15(20)16(11)21-17-14)9-18-8-10-1-5-13(18)7-10/h2-4,6,10,13,20H,1,5,7-9H2,(H,17,19). The average Bonchev–Trinajstić information content (AvgIpc) is 3.03. The first-order valence-electron chi connectivity index (χ1n) is 7.41. The van der Waals surface area contributed by atoms with Crippen LogP contribution in [0, 0.1) is 5.92 Å². The molecule has 0 amide bonds. The number of aromatic hydroxyl groups is 1. The molecular weight excluding hydrogens is 268 g/mol. The highest BCUT2D eigenvalue weighted by Gasteiger charge is 2.37. The normalized spacial score (nSPS) is 27.1. The number of aliphatic hydroxyl groups excluding tert-OH is 1. The number of phenolic OH excluding ortho intramolecular Hbond substituents is 1. The molecule has 1 aromatic rings. The highest BCUT2D eigenvalue weighted by molar-refractivity contribution is 5.91. The van der Waals surface area contributed by atoms with Gasteiger partial charge in [-0.3, -0.25) is 4.90 Å². The number of benzene rings is 1. The van der Waals surface area contributed by atoms with E-state index in [2.05, 4.69) is 10.1 Å². The van der Waals surface area contributed by atoms with Crippen LogP contribution in [0.25, 0.3) is 6.08 Å². The van der Waals surface area contributed by atoms with Crippen molar-refractivity contribution in [1.82, 2.24) is 4.90 Å². The maximum atomic E-state index is 10.4. The summed E-state index contributed by atoms with van der Waals surface area (Å²) in [5, 5.41) is 23.4. The third-order valence-electron chi connectivity index (χ3n) is 4.78. The molecule has 3 aliphatic rings. The number of hydrogen-bond donors (Lipinski definition) is 2. The maximum Gasteiger partial charge on any atom is 0.248 e. The van der Waals surface area contributed by atoms with Gasteiger partial charge in [0.05, 0.1) is 0 Å². The molecule has 0 spiro atoms. The summed E-state index contributed by atoms with van der Waals surface area (Å²) in [7, 11) is 0. The monoisotopic (exact) mass is 286 g/mol. The number of aliphatic hydroxyl groups is 1. The predicted molar refractivity (Wildman–Crippen MR) is 79.4 cm³/mol. The van der Waals surface area contributed by atoms with Crippen LogP contribution < -0.4 is 4.84 Å². The summed E-state index contributed by atoms with van der Waals surface area (Å²) in [6.45, 7) is 1.87. The van der Waals surface area contributed by atoms with Crippen molar-refractivity contribution in [3.05, 3.63) is 29.3 Å². The zero-order chi connectivity index (χ0) is 14.4. The molecule has 2 bridgehead atoms. The number of rotatable bonds is 2. The molecule has 2 unspecified atom stereocenters. The second-order valence-electron chi connectivity index (χ2n) is 6.13. The maximum absolute atomic E-state index is 10.4. The quantitative estimate of drug-likeness (QED) is 0.877. The molecule has 4 rings (SSSR count). The number of fused-ring (bicyclic) bond motifs is 3. The second kappa shape index (κ2) is 4.77. The van der Waals surface area contributed by atoms with Crippen molar-refractivity contribution in [2.75, 3.05) is 6.54 Å². The highest BCUT2D eigenvalue weighted by Crippen LogP contribution is 2.41. The molecule has 5 nitrogen and oxygen atoms in total. The van der Waals surface area contributed by atoms with Gasteiger partial charge < -0.3 is 15.1 Å². The third kappa shape index (κ3) is 2.17. The van der Waals surface area contributed by atoms with E-state index in [4.69, 9.17) is 4.84 Å². The van der Waals surface area contributed by atoms with Crippen molar-refractivity contribution in [2.24, 2.45) is 11.1 Å². The van der Waals surface area contributed by atoms with Crippen LogP contribution in [-0.2, 0) is 6.54 Å². The Kier molecular flexibility index (Phi) is 2.89. The van der Waals surface area contributed by atoms with Gasteiger partial charge in [0.2, 0.25) is 11.6 Å². The first-order chi connectivity index (χ1) is 10.2. The zero-order valence-corrected chi connectivity index (χ0v) is 11.7. The topological polar surface area (TPSA) is 65.3 Å². The number of oxime groups is 1. The Morgan fingerprint density at radius 1 is 1.24 bits per heavy atom. The number of phenols is 1. The van der Waals surface area contributed by atoms with E-state index in [1.54, 1.807) is 6.08 Å². The molecule has 1 saturated heterocycles. The summed E-state index contributed by atoms with van der Waals surface area (Å²) in [4.78, 5) is 7.61. The van der Waals surface area contributed by atoms with Crippen LogP contribution in [0.15, 0.2) is 23.4 Å². The van der Waals surface area contributed by atoms with Gasteiger partial charge in [-0.15, -0.1) is 0 Å². The van der Waals surface area contributed by atoms with Gasteiger partial charge in [0.25, 0.3) is 0 Å². The fourth-order valence-corrected chi connectivity index (χ4v) is 3.71. The lowest BCUT2D eigenvalue weighted by Crippen LogP contribution is -2.31. The minimum atomic E-state index is -0.205. The van der Waals surface area contributed by atoms with Gasteiger partial charge in [0.1, 0.15) is 0 Å². The first-order valence-corrected chi connectivity index (χ1v) is 7.41. The number of likely N-dealkylation sites (tertiary alicyclic amines) is 1. The van der Waals surface area contributed by atoms with Crippen LogP contribution >= 0.6 is 0 Å². The molecule has 0 radical (unpaired) electrons. The molecule has 0 aromatic heterocycles. The van der Waals surface area contributed by atoms with Gasteiger partial charge in [-0.1, -0.05) is 12.1 Å². The third-order valence-corrected chi connectivity index (χ3v) is 4.78. The SMILES string of the molecule is OC1=NOc2c(ccc(CN3CC4CCC3C4)c2O)C=C1. The molecule has 1 aliphatic carbocycles. The molecule has 1 saturated carbocycles. The Morgan fingerprint density at radius 2 is 2.14 bits per heavy atom. The predicted octanol–water partition coefficient (Wildman–Crippen LogP) is 2.65. The summed E-state index contributed by atoms with van der Waals surface area (Å²) >= 11 is 0. The summed E-state index contributed by atoms with van der Waals surface area (Å²) in [6.07, 6.45) is 7.04. The van der Waals surface area contributed by atoms with Crippen LogP contribution in [-0.4, -0.2) is 33.6 Å². The van der Waals surface area contributed by atoms with E-state index in [0.717, 1.165) is 24.6 Å². The Bertz CT molecular complexity index is 639. The van der Waals surface area contributed by atoms with Gasteiger partial charge in [-0.2, -0.15) is 0 Å². The van der Waals surface area contributed by atoms with Gasteiger partial charge in [-0.05, 0) is 36.4 Å². The van der Waals surface area contributed by atoms with Crippen LogP contribution in [0.4, 0.5) is 0 Å². The van der Waals surface area contributed by atoms with Gasteiger partial charge in [0, 0.05) is 36.3 Å². The smallest absolute Gasteiger partial charge is 0.248 e. The Hall–Kier alpha value is -2.01. The van der Waals surface area contributed by atoms with Crippen molar-refractivity contribution < 1.29 is 15.1 Å². The molecule has 2 heterocycles. The number of nitrogens with zero attached hydrogens (tertiary/aromatic N) is 2. The lowest BCUT2D eigenvalue weighted by molar-refractivity contribution is 0.202. The Balaban J connectivity index is 1.61. The highest BCUT2D eigenvalue weighted by atomic mass is 16.6. The van der Waals surface area contributed by atoms with Crippen LogP contribution in [0.1, 0.15) is 30.4 Å². The lowest BCUT2D eigenvalue weighted by Gasteiger charge is -2.27. The Labute approximate surface area is 123 Å². The number of hydrogen-bond acceptors (Lipinski definition) is 4. The second-order valence-corrected chi connectivity index (χ2v) is 6.13. The van der Waals surface area contributed by atoms with E-state index in [0.29, 0.717) is 17.4 Å². The largest absolute Gasteiger partial charge is 0.504 e. The van der Waals surface area contributed by atoms with Crippen molar-refractivity contribution in [2.45, 2.75) is 31.8 Å². The van der Waals surface area contributed by atoms with Crippen molar-refractivity contribution >= 4 is 12.0 Å². The van der Waals surface area contributed by atoms with Crippen LogP contribution in [0.5, 0.6) is 11.5 Å². The fraction of sp³-hybridized carbons (Fsp3) is 0.438. The molecule has 2 atom stereocenters. The van der Waals surface area contributed by atoms with E-state index >= 15 is 0 Å². The van der Waals surface area contributed by atoms with Gasteiger partial charge in [-0.25, -0.2) is 0 Å². The lowest BCUT2D eigenvalue weighted by atomic mass is 10.1. The van der Waals surface area contributed by atoms with E-state index in [9.17, 15) is 10.2 Å². The van der Waals surface area contributed by atoms with Crippen molar-refractivity contribution in [1.29, 1.82) is 0 Å². The minimum absolute atomic E-state index is 0.123. The Morgan fingerprint density at radius 3 is 2.90 bits per heavy atom. The molecular formula is C16H18N2O3. The van der Waals surface area contributed by atoms with E-state index in [1.165, 1.54) is 25.3 Å². The van der Waals surface area contributed by atoms with Crippen molar-refractivity contribution in [3.63, 3.8) is 0 Å². The summed E-state index contributed by atoms with van der Waals surface area (Å²) in [6, 6.07) is 4.48. The van der Waals surface area contributed by atoms with Crippen LogP contribution in [0.2, 0.25) is 0 Å². The molecule has 21 heavy (non-hydrogen) atoms. The zero-order valence-electron chi connectivity index (χ0n) is 11.7. The van der Waals surface area contributed by atoms with E-state index in [-0.39, 0.29) is 11.6 Å². The van der Waals surface area contributed by atoms with E-state index < -0.39 is 0 Å². The fourth-order valence-electron chi connectivity index (χ4n) is 3.71. The summed E-state index contributed by atoms with van der Waals surface area (Å²) in [5.41, 5.74) is 1.57. The van der Waals surface area contributed by atoms with Crippen LogP contribution in [0.3, 0.4) is 0 Å². The van der Waals surface area contributed by atoms with E-state index in [1.807, 2.05) is 12.1 Å². The van der Waals surface area contributed by atoms with Crippen molar-refractivity contribution in [3.8, 4) is 11.5 Å². The van der Waals surface area contributed by atoms with Gasteiger partial charge >= 0.3 is 0 Å². The molecule has 2 N–H and O–H groups in total. The molecule has 2 fully saturated rings. The molecule has 1 aromatic carbocycles. The minimum Gasteiger partial charge on any atom is -0.504 e.